The molecule has 1 aromatic carbocycles. The number of halogens is 1. The zero-order chi connectivity index (χ0) is 15.2. The number of H-pyrrole nitrogens is 1. The Labute approximate surface area is 136 Å². The van der Waals surface area contributed by atoms with Gasteiger partial charge < -0.3 is 10.7 Å². The second-order valence-electron chi connectivity index (χ2n) is 4.68. The Morgan fingerprint density at radius 2 is 2.14 bits per heavy atom. The minimum absolute atomic E-state index is 0.105. The average molecular weight is 368 g/mol. The van der Waals surface area contributed by atoms with Crippen LogP contribution in [0.15, 0.2) is 43.6 Å². The van der Waals surface area contributed by atoms with E-state index in [4.69, 9.17) is 5.73 Å². The van der Waals surface area contributed by atoms with Crippen LogP contribution in [0.2, 0.25) is 0 Å². The minimum atomic E-state index is -0.105. The molecule has 112 valence electrons. The largest absolute Gasteiger partial charge is 0.330 e. The third-order valence-electron chi connectivity index (χ3n) is 2.93. The van der Waals surface area contributed by atoms with Crippen molar-refractivity contribution in [3.8, 4) is 0 Å². The van der Waals surface area contributed by atoms with Crippen molar-refractivity contribution in [3.63, 3.8) is 0 Å². The molecule has 0 unspecified atom stereocenters. The van der Waals surface area contributed by atoms with E-state index >= 15 is 0 Å². The third kappa shape index (κ3) is 4.69. The molecule has 0 aliphatic heterocycles. The number of aryl methyl sites for hydroxylation is 1. The maximum absolute atomic E-state index is 11.7. The molecule has 1 aromatic heterocycles. The quantitative estimate of drug-likeness (QED) is 0.769. The summed E-state index contributed by atoms with van der Waals surface area (Å²) in [6.07, 6.45) is 2.58. The number of aromatic amines is 1. The molecule has 0 spiro atoms. The Bertz CT molecular complexity index is 672. The van der Waals surface area contributed by atoms with E-state index in [0.717, 1.165) is 39.9 Å². The van der Waals surface area contributed by atoms with E-state index in [2.05, 4.69) is 32.8 Å². The van der Waals surface area contributed by atoms with E-state index in [9.17, 15) is 4.79 Å². The molecular formula is C15H18BrN3OS. The fourth-order valence-corrected chi connectivity index (χ4v) is 3.53. The number of benzene rings is 1. The molecule has 1 heterocycles. The van der Waals surface area contributed by atoms with Gasteiger partial charge in [0.05, 0.1) is 0 Å². The number of rotatable bonds is 6. The van der Waals surface area contributed by atoms with Crippen molar-refractivity contribution in [1.82, 2.24) is 9.97 Å². The Morgan fingerprint density at radius 3 is 2.86 bits per heavy atom. The molecule has 4 nitrogen and oxygen atoms in total. The zero-order valence-electron chi connectivity index (χ0n) is 11.9. The van der Waals surface area contributed by atoms with Gasteiger partial charge in [0.2, 0.25) is 0 Å². The molecule has 3 N–H and O–H groups in total. The molecule has 0 saturated carbocycles. The van der Waals surface area contributed by atoms with Crippen molar-refractivity contribution in [1.29, 1.82) is 0 Å². The average Bonchev–Trinajstić information content (AvgIpc) is 2.42. The standard InChI is InChI=1S/C15H18BrN3OS/c1-2-3-12-9-14(20)19-15(18-12)21-13-8-11(16)5-4-10(13)6-7-17/h4-5,8-9H,2-3,6-7,17H2,1H3,(H,18,19,20). The van der Waals surface area contributed by atoms with E-state index < -0.39 is 0 Å². The van der Waals surface area contributed by atoms with Crippen LogP contribution in [0, 0.1) is 0 Å². The Balaban J connectivity index is 2.33. The maximum atomic E-state index is 11.7. The summed E-state index contributed by atoms with van der Waals surface area (Å²) in [6, 6.07) is 7.64. The molecule has 2 aromatic rings. The summed E-state index contributed by atoms with van der Waals surface area (Å²) >= 11 is 4.95. The first-order valence-corrected chi connectivity index (χ1v) is 8.50. The Hall–Kier alpha value is -1.11. The van der Waals surface area contributed by atoms with Gasteiger partial charge in [0, 0.05) is 21.1 Å². The van der Waals surface area contributed by atoms with E-state index in [-0.39, 0.29) is 5.56 Å². The monoisotopic (exact) mass is 367 g/mol. The molecule has 0 bridgehead atoms. The normalized spacial score (nSPS) is 10.8. The summed E-state index contributed by atoms with van der Waals surface area (Å²) in [5, 5.41) is 0.627. The van der Waals surface area contributed by atoms with E-state index in [0.29, 0.717) is 11.7 Å². The summed E-state index contributed by atoms with van der Waals surface area (Å²) in [7, 11) is 0. The van der Waals surface area contributed by atoms with Crippen LogP contribution in [0.4, 0.5) is 0 Å². The molecule has 6 heteroatoms. The van der Waals surface area contributed by atoms with Gasteiger partial charge in [-0.05, 0) is 37.1 Å². The van der Waals surface area contributed by atoms with Gasteiger partial charge in [-0.1, -0.05) is 47.1 Å². The molecule has 0 aliphatic rings. The van der Waals surface area contributed by atoms with Crippen LogP contribution >= 0.6 is 27.7 Å². The first-order chi connectivity index (χ1) is 10.1. The van der Waals surface area contributed by atoms with Gasteiger partial charge in [-0.15, -0.1) is 0 Å². The summed E-state index contributed by atoms with van der Waals surface area (Å²) in [4.78, 5) is 20.1. The van der Waals surface area contributed by atoms with Gasteiger partial charge in [0.25, 0.3) is 5.56 Å². The Kier molecular flexibility index (Phi) is 6.02. The van der Waals surface area contributed by atoms with Crippen LogP contribution < -0.4 is 11.3 Å². The van der Waals surface area contributed by atoms with Gasteiger partial charge >= 0.3 is 0 Å². The summed E-state index contributed by atoms with van der Waals surface area (Å²) in [6.45, 7) is 2.67. The van der Waals surface area contributed by atoms with E-state index in [1.165, 1.54) is 11.8 Å². The lowest BCUT2D eigenvalue weighted by Crippen LogP contribution is -2.10. The smallest absolute Gasteiger partial charge is 0.251 e. The minimum Gasteiger partial charge on any atom is -0.330 e. The third-order valence-corrected chi connectivity index (χ3v) is 4.41. The molecule has 0 aliphatic carbocycles. The molecule has 0 amide bonds. The van der Waals surface area contributed by atoms with Crippen molar-refractivity contribution < 1.29 is 0 Å². The second-order valence-corrected chi connectivity index (χ2v) is 6.63. The predicted octanol–water partition coefficient (Wildman–Crippen LogP) is 3.14. The summed E-state index contributed by atoms with van der Waals surface area (Å²) in [5.41, 5.74) is 7.54. The molecule has 21 heavy (non-hydrogen) atoms. The fraction of sp³-hybridized carbons (Fsp3) is 0.333. The predicted molar refractivity (Wildman–Crippen MR) is 89.9 cm³/mol. The first-order valence-electron chi connectivity index (χ1n) is 6.89. The van der Waals surface area contributed by atoms with Gasteiger partial charge in [-0.25, -0.2) is 4.98 Å². The van der Waals surface area contributed by atoms with Crippen molar-refractivity contribution in [3.05, 3.63) is 50.3 Å². The Morgan fingerprint density at radius 1 is 1.33 bits per heavy atom. The van der Waals surface area contributed by atoms with Gasteiger partial charge in [-0.3, -0.25) is 4.79 Å². The molecule has 0 atom stereocenters. The summed E-state index contributed by atoms with van der Waals surface area (Å²) in [5.74, 6) is 0. The molecule has 0 fully saturated rings. The van der Waals surface area contributed by atoms with Crippen LogP contribution in [0.1, 0.15) is 24.6 Å². The molecule has 0 saturated heterocycles. The second kappa shape index (κ2) is 7.77. The van der Waals surface area contributed by atoms with Crippen molar-refractivity contribution in [2.75, 3.05) is 6.54 Å². The van der Waals surface area contributed by atoms with Crippen LogP contribution in [0.3, 0.4) is 0 Å². The molecule has 0 radical (unpaired) electrons. The lowest BCUT2D eigenvalue weighted by molar-refractivity contribution is 0.815. The number of hydrogen-bond acceptors (Lipinski definition) is 4. The topological polar surface area (TPSA) is 71.8 Å². The van der Waals surface area contributed by atoms with E-state index in [1.807, 2.05) is 18.2 Å². The molecular weight excluding hydrogens is 350 g/mol. The molecule has 2 rings (SSSR count). The van der Waals surface area contributed by atoms with Gasteiger partial charge in [-0.2, -0.15) is 0 Å². The number of nitrogens with zero attached hydrogens (tertiary/aromatic N) is 1. The highest BCUT2D eigenvalue weighted by Gasteiger charge is 2.08. The van der Waals surface area contributed by atoms with Crippen molar-refractivity contribution in [2.45, 2.75) is 36.2 Å². The van der Waals surface area contributed by atoms with Crippen LogP contribution in [0.5, 0.6) is 0 Å². The van der Waals surface area contributed by atoms with Crippen LogP contribution in [-0.4, -0.2) is 16.5 Å². The highest BCUT2D eigenvalue weighted by Crippen LogP contribution is 2.30. The zero-order valence-corrected chi connectivity index (χ0v) is 14.3. The van der Waals surface area contributed by atoms with Crippen molar-refractivity contribution in [2.24, 2.45) is 5.73 Å². The number of hydrogen-bond donors (Lipinski definition) is 2. The van der Waals surface area contributed by atoms with Crippen molar-refractivity contribution >= 4 is 27.7 Å². The van der Waals surface area contributed by atoms with Gasteiger partial charge in [0.15, 0.2) is 5.16 Å². The maximum Gasteiger partial charge on any atom is 0.251 e. The summed E-state index contributed by atoms with van der Waals surface area (Å²) < 4.78 is 0.998. The van der Waals surface area contributed by atoms with E-state index in [1.54, 1.807) is 6.07 Å². The van der Waals surface area contributed by atoms with Gasteiger partial charge in [0.1, 0.15) is 0 Å². The van der Waals surface area contributed by atoms with Crippen LogP contribution in [0.25, 0.3) is 0 Å². The lowest BCUT2D eigenvalue weighted by atomic mass is 10.1. The fourth-order valence-electron chi connectivity index (χ4n) is 2.01. The van der Waals surface area contributed by atoms with Crippen LogP contribution in [-0.2, 0) is 12.8 Å². The number of aromatic nitrogens is 2. The number of nitrogens with two attached hydrogens (primary N) is 1. The highest BCUT2D eigenvalue weighted by molar-refractivity contribution is 9.10. The SMILES string of the molecule is CCCc1cc(=O)[nH]c(Sc2cc(Br)ccc2CCN)n1. The lowest BCUT2D eigenvalue weighted by Gasteiger charge is -2.09. The highest BCUT2D eigenvalue weighted by atomic mass is 79.9. The number of nitrogens with one attached hydrogen (secondary N) is 1. The first kappa shape index (κ1) is 16.3.